The minimum absolute atomic E-state index is 0.156. The molecule has 1 aliphatic heterocycles. The lowest BCUT2D eigenvalue weighted by Gasteiger charge is -2.23. The maximum atomic E-state index is 12.1. The number of hydrogen-bond acceptors (Lipinski definition) is 3. The van der Waals surface area contributed by atoms with Gasteiger partial charge in [-0.05, 0) is 18.6 Å². The van der Waals surface area contributed by atoms with Crippen molar-refractivity contribution in [3.05, 3.63) is 47.7 Å². The highest BCUT2D eigenvalue weighted by Gasteiger charge is 2.34. The van der Waals surface area contributed by atoms with Gasteiger partial charge in [0, 0.05) is 6.42 Å². The second-order valence-corrected chi connectivity index (χ2v) is 4.10. The standard InChI is InChI=1S/C13H15NO2/c1-13(14,10-6-3-2-4-7-10)12(15)11-8-5-9-16-11/h2-4,6-8H,5,9,14H2,1H3. The van der Waals surface area contributed by atoms with E-state index in [0.717, 1.165) is 12.0 Å². The average molecular weight is 217 g/mol. The molecule has 1 aromatic rings. The minimum Gasteiger partial charge on any atom is -0.490 e. The second-order valence-electron chi connectivity index (χ2n) is 4.10. The van der Waals surface area contributed by atoms with Gasteiger partial charge in [0.15, 0.2) is 5.76 Å². The van der Waals surface area contributed by atoms with E-state index in [2.05, 4.69) is 0 Å². The van der Waals surface area contributed by atoms with Gasteiger partial charge < -0.3 is 10.5 Å². The molecule has 1 aromatic carbocycles. The van der Waals surface area contributed by atoms with Crippen LogP contribution < -0.4 is 5.73 Å². The maximum Gasteiger partial charge on any atom is 0.220 e. The number of ether oxygens (including phenoxy) is 1. The molecule has 84 valence electrons. The molecule has 1 heterocycles. The molecule has 1 unspecified atom stereocenters. The van der Waals surface area contributed by atoms with E-state index < -0.39 is 5.54 Å². The van der Waals surface area contributed by atoms with E-state index in [0.29, 0.717) is 12.4 Å². The summed E-state index contributed by atoms with van der Waals surface area (Å²) in [5.41, 5.74) is 5.88. The molecule has 0 bridgehead atoms. The molecule has 2 N–H and O–H groups in total. The summed E-state index contributed by atoms with van der Waals surface area (Å²) < 4.78 is 5.25. The van der Waals surface area contributed by atoms with Crippen molar-refractivity contribution in [2.24, 2.45) is 5.73 Å². The van der Waals surface area contributed by atoms with Crippen LogP contribution in [0.15, 0.2) is 42.2 Å². The van der Waals surface area contributed by atoms with E-state index in [1.165, 1.54) is 0 Å². The molecule has 0 amide bonds. The topological polar surface area (TPSA) is 52.3 Å². The van der Waals surface area contributed by atoms with Gasteiger partial charge in [0.1, 0.15) is 5.54 Å². The molecule has 1 aliphatic rings. The number of Topliss-reactive ketones (excluding diaryl/α,β-unsaturated/α-hetero) is 1. The third-order valence-corrected chi connectivity index (χ3v) is 2.77. The van der Waals surface area contributed by atoms with E-state index in [9.17, 15) is 4.79 Å². The Morgan fingerprint density at radius 3 is 2.62 bits per heavy atom. The summed E-state index contributed by atoms with van der Waals surface area (Å²) in [6.45, 7) is 2.29. The van der Waals surface area contributed by atoms with Gasteiger partial charge >= 0.3 is 0 Å². The van der Waals surface area contributed by atoms with E-state index >= 15 is 0 Å². The molecular weight excluding hydrogens is 202 g/mol. The molecule has 0 spiro atoms. The van der Waals surface area contributed by atoms with Crippen molar-refractivity contribution in [2.45, 2.75) is 18.9 Å². The largest absolute Gasteiger partial charge is 0.490 e. The van der Waals surface area contributed by atoms with Crippen molar-refractivity contribution < 1.29 is 9.53 Å². The van der Waals surface area contributed by atoms with Crippen LogP contribution in [0, 0.1) is 0 Å². The molecule has 0 saturated heterocycles. The molecule has 16 heavy (non-hydrogen) atoms. The quantitative estimate of drug-likeness (QED) is 0.839. The zero-order valence-corrected chi connectivity index (χ0v) is 9.27. The van der Waals surface area contributed by atoms with Crippen LogP contribution in [0.4, 0.5) is 0 Å². The van der Waals surface area contributed by atoms with Crippen molar-refractivity contribution in [3.63, 3.8) is 0 Å². The van der Waals surface area contributed by atoms with Crippen LogP contribution in [0.5, 0.6) is 0 Å². The first kappa shape index (κ1) is 10.9. The van der Waals surface area contributed by atoms with Gasteiger partial charge in [0.05, 0.1) is 6.61 Å². The van der Waals surface area contributed by atoms with Crippen LogP contribution in [0.3, 0.4) is 0 Å². The van der Waals surface area contributed by atoms with Crippen molar-refractivity contribution in [2.75, 3.05) is 6.61 Å². The highest BCUT2D eigenvalue weighted by atomic mass is 16.5. The molecule has 3 heteroatoms. The lowest BCUT2D eigenvalue weighted by Crippen LogP contribution is -2.42. The molecule has 2 rings (SSSR count). The van der Waals surface area contributed by atoms with Crippen LogP contribution >= 0.6 is 0 Å². The van der Waals surface area contributed by atoms with Gasteiger partial charge in [-0.3, -0.25) is 4.79 Å². The van der Waals surface area contributed by atoms with Gasteiger partial charge in [-0.25, -0.2) is 0 Å². The lowest BCUT2D eigenvalue weighted by atomic mass is 9.88. The van der Waals surface area contributed by atoms with E-state index in [4.69, 9.17) is 10.5 Å². The number of ketones is 1. The van der Waals surface area contributed by atoms with Gasteiger partial charge in [-0.15, -0.1) is 0 Å². The van der Waals surface area contributed by atoms with Crippen LogP contribution in [0.1, 0.15) is 18.9 Å². The first-order chi connectivity index (χ1) is 7.62. The summed E-state index contributed by atoms with van der Waals surface area (Å²) in [4.78, 5) is 12.1. The van der Waals surface area contributed by atoms with Crippen molar-refractivity contribution >= 4 is 5.78 Å². The summed E-state index contributed by atoms with van der Waals surface area (Å²) in [6.07, 6.45) is 2.59. The third-order valence-electron chi connectivity index (χ3n) is 2.77. The van der Waals surface area contributed by atoms with Crippen molar-refractivity contribution in [1.29, 1.82) is 0 Å². The average Bonchev–Trinajstić information content (AvgIpc) is 2.82. The van der Waals surface area contributed by atoms with Crippen LogP contribution in [0.2, 0.25) is 0 Å². The Labute approximate surface area is 94.9 Å². The highest BCUT2D eigenvalue weighted by Crippen LogP contribution is 2.24. The predicted octanol–water partition coefficient (Wildman–Crippen LogP) is 1.73. The fraction of sp³-hybridized carbons (Fsp3) is 0.308. The fourth-order valence-electron chi connectivity index (χ4n) is 1.75. The number of rotatable bonds is 3. The second kappa shape index (κ2) is 4.10. The number of hydrogen-bond donors (Lipinski definition) is 1. The zero-order valence-electron chi connectivity index (χ0n) is 9.27. The Bertz CT molecular complexity index is 421. The highest BCUT2D eigenvalue weighted by molar-refractivity contribution is 6.01. The SMILES string of the molecule is CC(N)(C(=O)C1=CCCO1)c1ccccc1. The van der Waals surface area contributed by atoms with Gasteiger partial charge in [-0.1, -0.05) is 30.3 Å². The van der Waals surface area contributed by atoms with Crippen LogP contribution in [-0.4, -0.2) is 12.4 Å². The molecule has 1 atom stereocenters. The van der Waals surface area contributed by atoms with Gasteiger partial charge in [-0.2, -0.15) is 0 Å². The smallest absolute Gasteiger partial charge is 0.220 e. The minimum atomic E-state index is -1.02. The van der Waals surface area contributed by atoms with E-state index in [-0.39, 0.29) is 5.78 Å². The van der Waals surface area contributed by atoms with Crippen LogP contribution in [-0.2, 0) is 15.1 Å². The maximum absolute atomic E-state index is 12.1. The fourth-order valence-corrected chi connectivity index (χ4v) is 1.75. The Balaban J connectivity index is 2.28. The molecule has 0 saturated carbocycles. The van der Waals surface area contributed by atoms with Gasteiger partial charge in [0.25, 0.3) is 0 Å². The van der Waals surface area contributed by atoms with Gasteiger partial charge in [0.2, 0.25) is 5.78 Å². The Kier molecular flexibility index (Phi) is 2.79. The Hall–Kier alpha value is -1.61. The lowest BCUT2D eigenvalue weighted by molar-refractivity contribution is -0.123. The molecule has 0 aliphatic carbocycles. The summed E-state index contributed by atoms with van der Waals surface area (Å²) in [7, 11) is 0. The summed E-state index contributed by atoms with van der Waals surface area (Å²) in [5.74, 6) is 0.241. The first-order valence-corrected chi connectivity index (χ1v) is 5.34. The van der Waals surface area contributed by atoms with Crippen molar-refractivity contribution in [1.82, 2.24) is 0 Å². The first-order valence-electron chi connectivity index (χ1n) is 5.34. The summed E-state index contributed by atoms with van der Waals surface area (Å²) >= 11 is 0. The summed E-state index contributed by atoms with van der Waals surface area (Å²) in [5, 5.41) is 0. The monoisotopic (exact) mass is 217 g/mol. The summed E-state index contributed by atoms with van der Waals surface area (Å²) in [6, 6.07) is 9.35. The number of carbonyl (C=O) groups is 1. The van der Waals surface area contributed by atoms with Crippen molar-refractivity contribution in [3.8, 4) is 0 Å². The number of benzene rings is 1. The molecule has 3 nitrogen and oxygen atoms in total. The number of nitrogens with two attached hydrogens (primary N) is 1. The molecule has 0 fully saturated rings. The molecule has 0 radical (unpaired) electrons. The van der Waals surface area contributed by atoms with E-state index in [1.54, 1.807) is 13.0 Å². The normalized spacial score (nSPS) is 18.5. The van der Waals surface area contributed by atoms with E-state index in [1.807, 2.05) is 30.3 Å². The third kappa shape index (κ3) is 1.86. The molecule has 0 aromatic heterocycles. The van der Waals surface area contributed by atoms with Crippen LogP contribution in [0.25, 0.3) is 0 Å². The zero-order chi connectivity index (χ0) is 11.6. The number of carbonyl (C=O) groups excluding carboxylic acids is 1. The Morgan fingerprint density at radius 2 is 2.06 bits per heavy atom. The molecular formula is C13H15NO2. The Morgan fingerprint density at radius 1 is 1.38 bits per heavy atom. The predicted molar refractivity (Wildman–Crippen MR) is 61.6 cm³/mol.